The van der Waals surface area contributed by atoms with E-state index < -0.39 is 5.54 Å². The van der Waals surface area contributed by atoms with Crippen LogP contribution in [0.15, 0.2) is 24.3 Å². The van der Waals surface area contributed by atoms with E-state index in [0.717, 1.165) is 50.3 Å². The van der Waals surface area contributed by atoms with Gasteiger partial charge in [-0.1, -0.05) is 0 Å². The van der Waals surface area contributed by atoms with Crippen molar-refractivity contribution in [3.8, 4) is 6.07 Å². The van der Waals surface area contributed by atoms with Crippen LogP contribution in [0.1, 0.15) is 37.0 Å². The van der Waals surface area contributed by atoms with E-state index in [-0.39, 0.29) is 11.7 Å². The van der Waals surface area contributed by atoms with Crippen LogP contribution in [0.2, 0.25) is 0 Å². The molecule has 1 amide bonds. The number of ketones is 1. The molecule has 138 valence electrons. The van der Waals surface area contributed by atoms with Crippen molar-refractivity contribution in [3.63, 3.8) is 0 Å². The van der Waals surface area contributed by atoms with Crippen LogP contribution < -0.4 is 10.2 Å². The molecule has 0 bridgehead atoms. The Balaban J connectivity index is 1.48. The Morgan fingerprint density at radius 1 is 1.19 bits per heavy atom. The quantitative estimate of drug-likeness (QED) is 0.789. The van der Waals surface area contributed by atoms with Crippen molar-refractivity contribution < 1.29 is 9.59 Å². The first-order chi connectivity index (χ1) is 12.4. The van der Waals surface area contributed by atoms with E-state index in [1.165, 1.54) is 0 Å². The van der Waals surface area contributed by atoms with Crippen LogP contribution in [0, 0.1) is 17.2 Å². The number of Topliss-reactive ketones (excluding diaryl/α,β-unsaturated/α-hetero) is 1. The zero-order chi connectivity index (χ0) is 18.7. The molecule has 1 aromatic rings. The van der Waals surface area contributed by atoms with Crippen LogP contribution in [0.5, 0.6) is 0 Å². The third-order valence-corrected chi connectivity index (χ3v) is 5.40. The first kappa shape index (κ1) is 18.4. The second kappa shape index (κ2) is 7.46. The number of nitriles is 1. The Kier molecular flexibility index (Phi) is 5.28. The van der Waals surface area contributed by atoms with Gasteiger partial charge in [-0.25, -0.2) is 0 Å². The summed E-state index contributed by atoms with van der Waals surface area (Å²) >= 11 is 0. The molecule has 2 fully saturated rings. The molecule has 0 spiro atoms. The first-order valence-corrected chi connectivity index (χ1v) is 9.22. The summed E-state index contributed by atoms with van der Waals surface area (Å²) in [5.74, 6) is 0.300. The van der Waals surface area contributed by atoms with Crippen LogP contribution in [-0.2, 0) is 4.79 Å². The van der Waals surface area contributed by atoms with E-state index in [1.54, 1.807) is 6.92 Å². The number of benzene rings is 1. The minimum absolute atomic E-state index is 0.0692. The summed E-state index contributed by atoms with van der Waals surface area (Å²) in [4.78, 5) is 28.1. The van der Waals surface area contributed by atoms with Gasteiger partial charge in [0.15, 0.2) is 5.78 Å². The minimum atomic E-state index is -0.725. The number of carbonyl (C=O) groups excluding carboxylic acids is 2. The Bertz CT molecular complexity index is 712. The molecular formula is C20H26N4O2. The lowest BCUT2D eigenvalue weighted by Crippen LogP contribution is -2.53. The van der Waals surface area contributed by atoms with E-state index >= 15 is 0 Å². The van der Waals surface area contributed by atoms with E-state index in [1.807, 2.05) is 31.2 Å². The molecule has 2 aliphatic rings. The highest BCUT2D eigenvalue weighted by Crippen LogP contribution is 2.39. The summed E-state index contributed by atoms with van der Waals surface area (Å²) in [6.45, 7) is 7.00. The van der Waals surface area contributed by atoms with Crippen molar-refractivity contribution in [2.75, 3.05) is 37.6 Å². The highest BCUT2D eigenvalue weighted by atomic mass is 16.2. The average molecular weight is 354 g/mol. The molecule has 0 radical (unpaired) electrons. The molecule has 1 N–H and O–H groups in total. The summed E-state index contributed by atoms with van der Waals surface area (Å²) in [7, 11) is 0. The van der Waals surface area contributed by atoms with Crippen LogP contribution in [-0.4, -0.2) is 54.9 Å². The van der Waals surface area contributed by atoms with Gasteiger partial charge in [-0.2, -0.15) is 5.26 Å². The lowest BCUT2D eigenvalue weighted by molar-refractivity contribution is -0.123. The van der Waals surface area contributed by atoms with Crippen molar-refractivity contribution in [2.45, 2.75) is 32.2 Å². The zero-order valence-electron chi connectivity index (χ0n) is 15.5. The van der Waals surface area contributed by atoms with E-state index in [2.05, 4.69) is 21.2 Å². The van der Waals surface area contributed by atoms with E-state index in [0.29, 0.717) is 12.5 Å². The van der Waals surface area contributed by atoms with Gasteiger partial charge in [0, 0.05) is 37.4 Å². The normalized spacial score (nSPS) is 20.1. The van der Waals surface area contributed by atoms with Gasteiger partial charge in [-0.3, -0.25) is 14.5 Å². The molecule has 1 heterocycles. The Morgan fingerprint density at radius 2 is 1.81 bits per heavy atom. The molecule has 1 saturated carbocycles. The number of hydrogen-bond donors (Lipinski definition) is 1. The third kappa shape index (κ3) is 4.23. The van der Waals surface area contributed by atoms with Gasteiger partial charge in [-0.05, 0) is 56.9 Å². The Labute approximate surface area is 154 Å². The van der Waals surface area contributed by atoms with Gasteiger partial charge in [0.25, 0.3) is 0 Å². The molecule has 0 unspecified atom stereocenters. The summed E-state index contributed by atoms with van der Waals surface area (Å²) in [5, 5.41) is 12.3. The molecule has 1 aliphatic carbocycles. The van der Waals surface area contributed by atoms with Gasteiger partial charge in [0.1, 0.15) is 5.54 Å². The van der Waals surface area contributed by atoms with Crippen LogP contribution >= 0.6 is 0 Å². The summed E-state index contributed by atoms with van der Waals surface area (Å²) in [5.41, 5.74) is 1.10. The van der Waals surface area contributed by atoms with Crippen molar-refractivity contribution in [3.05, 3.63) is 29.8 Å². The third-order valence-electron chi connectivity index (χ3n) is 5.40. The predicted molar refractivity (Wildman–Crippen MR) is 100.0 cm³/mol. The number of amides is 1. The number of nitrogens with one attached hydrogen (secondary N) is 1. The van der Waals surface area contributed by atoms with Crippen molar-refractivity contribution in [1.82, 2.24) is 10.2 Å². The number of piperazine rings is 1. The molecule has 1 aliphatic heterocycles. The molecule has 1 saturated heterocycles. The minimum Gasteiger partial charge on any atom is -0.369 e. The van der Waals surface area contributed by atoms with Crippen molar-refractivity contribution in [1.29, 1.82) is 5.26 Å². The maximum atomic E-state index is 12.3. The van der Waals surface area contributed by atoms with Gasteiger partial charge in [0.2, 0.25) is 5.91 Å². The van der Waals surface area contributed by atoms with Crippen LogP contribution in [0.3, 0.4) is 0 Å². The number of rotatable bonds is 6. The van der Waals surface area contributed by atoms with Crippen molar-refractivity contribution >= 4 is 17.4 Å². The fraction of sp³-hybridized carbons (Fsp3) is 0.550. The highest BCUT2D eigenvalue weighted by molar-refractivity contribution is 5.94. The number of anilines is 1. The second-order valence-corrected chi connectivity index (χ2v) is 7.50. The fourth-order valence-electron chi connectivity index (χ4n) is 3.49. The number of nitrogens with zero attached hydrogens (tertiary/aromatic N) is 3. The van der Waals surface area contributed by atoms with E-state index in [4.69, 9.17) is 0 Å². The number of carbonyl (C=O) groups is 2. The molecule has 0 aromatic heterocycles. The monoisotopic (exact) mass is 354 g/mol. The first-order valence-electron chi connectivity index (χ1n) is 9.22. The summed E-state index contributed by atoms with van der Waals surface area (Å²) in [6.07, 6.45) is 2.04. The lowest BCUT2D eigenvalue weighted by Gasteiger charge is -2.36. The molecule has 1 atom stereocenters. The van der Waals surface area contributed by atoms with Crippen LogP contribution in [0.4, 0.5) is 5.69 Å². The maximum absolute atomic E-state index is 12.3. The van der Waals surface area contributed by atoms with Gasteiger partial charge in [-0.15, -0.1) is 0 Å². The molecule has 26 heavy (non-hydrogen) atoms. The molecule has 3 rings (SSSR count). The molecule has 6 nitrogen and oxygen atoms in total. The molecular weight excluding hydrogens is 328 g/mol. The van der Waals surface area contributed by atoms with E-state index in [9.17, 15) is 14.9 Å². The number of hydrogen-bond acceptors (Lipinski definition) is 5. The van der Waals surface area contributed by atoms with Crippen molar-refractivity contribution in [2.24, 2.45) is 5.92 Å². The summed E-state index contributed by atoms with van der Waals surface area (Å²) < 4.78 is 0. The maximum Gasteiger partial charge on any atom is 0.235 e. The van der Waals surface area contributed by atoms with Crippen LogP contribution in [0.25, 0.3) is 0 Å². The molecule has 1 aromatic carbocycles. The van der Waals surface area contributed by atoms with Gasteiger partial charge in [0.05, 0.1) is 12.6 Å². The standard InChI is InChI=1S/C20H26N4O2/c1-15(25)16-3-7-18(8-4-16)24-11-9-23(10-12-24)13-19(26)22-20(2,14-21)17-5-6-17/h3-4,7-8,17H,5-6,9-13H2,1-2H3,(H,22,26)/t20-/m0/s1. The highest BCUT2D eigenvalue weighted by Gasteiger charge is 2.43. The largest absolute Gasteiger partial charge is 0.369 e. The summed E-state index contributed by atoms with van der Waals surface area (Å²) in [6, 6.07) is 9.94. The molecule has 6 heteroatoms. The predicted octanol–water partition coefficient (Wildman–Crippen LogP) is 1.82. The Hall–Kier alpha value is -2.39. The zero-order valence-corrected chi connectivity index (χ0v) is 15.5. The Morgan fingerprint density at radius 3 is 2.31 bits per heavy atom. The lowest BCUT2D eigenvalue weighted by atomic mass is 9.98. The average Bonchev–Trinajstić information content (AvgIpc) is 3.48. The smallest absolute Gasteiger partial charge is 0.235 e. The fourth-order valence-corrected chi connectivity index (χ4v) is 3.49. The SMILES string of the molecule is CC(=O)c1ccc(N2CCN(CC(=O)N[C@@](C)(C#N)C3CC3)CC2)cc1. The second-order valence-electron chi connectivity index (χ2n) is 7.50. The topological polar surface area (TPSA) is 76.4 Å². The van der Waals surface area contributed by atoms with Gasteiger partial charge < -0.3 is 10.2 Å². The van der Waals surface area contributed by atoms with Gasteiger partial charge >= 0.3 is 0 Å².